The lowest BCUT2D eigenvalue weighted by atomic mass is 9.83. The van der Waals surface area contributed by atoms with E-state index in [4.69, 9.17) is 0 Å². The van der Waals surface area contributed by atoms with Crippen LogP contribution in [0.1, 0.15) is 69.5 Å². The fraction of sp³-hybridized carbons (Fsp3) is 0.655. The van der Waals surface area contributed by atoms with Gasteiger partial charge in [-0.1, -0.05) is 75.8 Å². The maximum absolute atomic E-state index is 13.7. The number of aromatic amines is 1. The summed E-state index contributed by atoms with van der Waals surface area (Å²) in [4.78, 5) is 20.6. The fourth-order valence-electron chi connectivity index (χ4n) is 5.38. The van der Waals surface area contributed by atoms with Gasteiger partial charge in [0, 0.05) is 19.2 Å². The van der Waals surface area contributed by atoms with Gasteiger partial charge in [0.05, 0.1) is 35.7 Å². The third-order valence-electron chi connectivity index (χ3n) is 7.80. The zero-order chi connectivity index (χ0) is 31.3. The van der Waals surface area contributed by atoms with E-state index in [1.54, 1.807) is 6.20 Å². The fourth-order valence-corrected chi connectivity index (χ4v) is 7.84. The van der Waals surface area contributed by atoms with Gasteiger partial charge in [-0.3, -0.25) is 4.79 Å². The van der Waals surface area contributed by atoms with Crippen molar-refractivity contribution in [2.24, 2.45) is 5.92 Å². The van der Waals surface area contributed by atoms with Crippen LogP contribution in [0.5, 0.6) is 0 Å². The first-order valence-electron chi connectivity index (χ1n) is 15.1. The third kappa shape index (κ3) is 12.6. The Kier molecular flexibility index (Phi) is 14.1. The number of benzene rings is 1. The predicted molar refractivity (Wildman–Crippen MR) is 165 cm³/mol. The van der Waals surface area contributed by atoms with Crippen LogP contribution in [0.2, 0.25) is 0 Å². The number of sulfonamides is 2. The van der Waals surface area contributed by atoms with Crippen LogP contribution in [-0.4, -0.2) is 85.3 Å². The summed E-state index contributed by atoms with van der Waals surface area (Å²) in [5.74, 6) is -1.50. The van der Waals surface area contributed by atoms with E-state index >= 15 is 0 Å². The summed E-state index contributed by atoms with van der Waals surface area (Å²) in [5.41, 5.74) is 1.30. The van der Waals surface area contributed by atoms with Crippen molar-refractivity contribution in [1.29, 1.82) is 0 Å². The molecular weight excluding hydrogens is 594 g/mol. The number of aliphatic hydroxyl groups is 2. The highest BCUT2D eigenvalue weighted by atomic mass is 32.2. The number of aliphatic hydroxyl groups excluding tert-OH is 2. The number of rotatable bonds is 19. The molecule has 43 heavy (non-hydrogen) atoms. The zero-order valence-electron chi connectivity index (χ0n) is 24.8. The Bertz CT molecular complexity index is 1300. The molecule has 0 radical (unpaired) electrons. The van der Waals surface area contributed by atoms with E-state index in [0.29, 0.717) is 18.5 Å². The van der Waals surface area contributed by atoms with E-state index in [9.17, 15) is 31.8 Å². The van der Waals surface area contributed by atoms with E-state index in [0.717, 1.165) is 44.1 Å². The summed E-state index contributed by atoms with van der Waals surface area (Å²) < 4.78 is 56.1. The van der Waals surface area contributed by atoms with Crippen molar-refractivity contribution in [3.05, 3.63) is 54.1 Å². The number of hydrogen-bond acceptors (Lipinski definition) is 8. The molecule has 0 bridgehead atoms. The Morgan fingerprint density at radius 2 is 1.79 bits per heavy atom. The quantitative estimate of drug-likeness (QED) is 0.124. The highest BCUT2D eigenvalue weighted by Gasteiger charge is 2.35. The van der Waals surface area contributed by atoms with Crippen LogP contribution in [0.15, 0.2) is 42.9 Å². The number of nitrogens with zero attached hydrogens (tertiary/aromatic N) is 1. The molecule has 0 spiro atoms. The Morgan fingerprint density at radius 1 is 1.07 bits per heavy atom. The molecule has 0 aliphatic heterocycles. The van der Waals surface area contributed by atoms with E-state index in [2.05, 4.69) is 24.7 Å². The van der Waals surface area contributed by atoms with Crippen molar-refractivity contribution in [1.82, 2.24) is 24.7 Å². The summed E-state index contributed by atoms with van der Waals surface area (Å²) >= 11 is 0. The van der Waals surface area contributed by atoms with Crippen LogP contribution in [-0.2, 0) is 37.7 Å². The number of imidazole rings is 1. The SMILES string of the molecule is CCCCNS(=O)(=O)C[C@@H](O)[C@@H](O)[C@@H](CC1CCCCC1)NC(=O)[C@H](Cc1c[nH]cn1)NS(=O)(=O)CCc1ccccc1. The van der Waals surface area contributed by atoms with E-state index in [-0.39, 0.29) is 31.1 Å². The molecule has 1 saturated carbocycles. The maximum Gasteiger partial charge on any atom is 0.238 e. The smallest absolute Gasteiger partial charge is 0.238 e. The van der Waals surface area contributed by atoms with Crippen LogP contribution in [0.4, 0.5) is 0 Å². The first-order chi connectivity index (χ1) is 20.5. The van der Waals surface area contributed by atoms with Gasteiger partial charge in [-0.15, -0.1) is 0 Å². The second-order valence-corrected chi connectivity index (χ2v) is 15.2. The summed E-state index contributed by atoms with van der Waals surface area (Å²) in [5, 5.41) is 24.7. The van der Waals surface area contributed by atoms with Gasteiger partial charge >= 0.3 is 0 Å². The van der Waals surface area contributed by atoms with E-state index < -0.39 is 56.0 Å². The third-order valence-corrected chi connectivity index (χ3v) is 10.6. The molecule has 2 aromatic rings. The highest BCUT2D eigenvalue weighted by molar-refractivity contribution is 7.89. The molecular formula is C29H47N5O7S2. The molecule has 14 heteroatoms. The molecule has 12 nitrogen and oxygen atoms in total. The van der Waals surface area contributed by atoms with Crippen LogP contribution >= 0.6 is 0 Å². The molecule has 1 aliphatic rings. The number of nitrogens with one attached hydrogen (secondary N) is 4. The number of carbonyl (C=O) groups excluding carboxylic acids is 1. The first-order valence-corrected chi connectivity index (χ1v) is 18.4. The van der Waals surface area contributed by atoms with Gasteiger partial charge in [0.15, 0.2) is 0 Å². The second-order valence-electron chi connectivity index (χ2n) is 11.4. The number of H-pyrrole nitrogens is 1. The summed E-state index contributed by atoms with van der Waals surface area (Å²) in [6, 6.07) is 6.89. The number of aromatic nitrogens is 2. The van der Waals surface area contributed by atoms with Crippen LogP contribution in [0, 0.1) is 5.92 Å². The van der Waals surface area contributed by atoms with Crippen molar-refractivity contribution in [3.8, 4) is 0 Å². The lowest BCUT2D eigenvalue weighted by molar-refractivity contribution is -0.125. The van der Waals surface area contributed by atoms with Crippen molar-refractivity contribution < 1.29 is 31.8 Å². The minimum absolute atomic E-state index is 0.0512. The monoisotopic (exact) mass is 641 g/mol. The Labute approximate surface area is 255 Å². The summed E-state index contributed by atoms with van der Waals surface area (Å²) in [6.45, 7) is 2.15. The van der Waals surface area contributed by atoms with Crippen molar-refractivity contribution in [2.45, 2.75) is 95.4 Å². The van der Waals surface area contributed by atoms with Gasteiger partial charge in [0.1, 0.15) is 12.1 Å². The van der Waals surface area contributed by atoms with Gasteiger partial charge in [-0.2, -0.15) is 0 Å². The first kappa shape index (κ1) is 35.1. The predicted octanol–water partition coefficient (Wildman–Crippen LogP) is 1.38. The Balaban J connectivity index is 1.76. The van der Waals surface area contributed by atoms with Crippen molar-refractivity contribution in [3.63, 3.8) is 0 Å². The molecule has 1 aromatic heterocycles. The number of hydrogen-bond donors (Lipinski definition) is 6. The minimum atomic E-state index is -3.91. The molecule has 0 unspecified atom stereocenters. The maximum atomic E-state index is 13.7. The number of aryl methyl sites for hydroxylation is 1. The Hall–Kier alpha value is -2.36. The summed E-state index contributed by atoms with van der Waals surface area (Å²) in [6.07, 6.45) is 6.55. The second kappa shape index (κ2) is 17.2. The molecule has 1 heterocycles. The minimum Gasteiger partial charge on any atom is -0.389 e. The molecule has 1 aliphatic carbocycles. The average Bonchev–Trinajstić information content (AvgIpc) is 3.49. The molecule has 6 N–H and O–H groups in total. The van der Waals surface area contributed by atoms with Crippen molar-refractivity contribution in [2.75, 3.05) is 18.1 Å². The van der Waals surface area contributed by atoms with E-state index in [1.807, 2.05) is 37.3 Å². The van der Waals surface area contributed by atoms with Gasteiger partial charge in [-0.25, -0.2) is 31.3 Å². The topological polar surface area (TPSA) is 191 Å². The molecule has 1 aromatic carbocycles. The van der Waals surface area contributed by atoms with Crippen LogP contribution in [0.25, 0.3) is 0 Å². The largest absolute Gasteiger partial charge is 0.389 e. The van der Waals surface area contributed by atoms with Gasteiger partial charge in [0.25, 0.3) is 0 Å². The number of amides is 1. The normalized spacial score (nSPS) is 17.7. The molecule has 1 amide bonds. The number of unbranched alkanes of at least 4 members (excludes halogenated alkanes) is 1. The molecule has 1 fully saturated rings. The van der Waals surface area contributed by atoms with E-state index in [1.165, 1.54) is 6.33 Å². The summed E-state index contributed by atoms with van der Waals surface area (Å²) in [7, 11) is -7.78. The highest BCUT2D eigenvalue weighted by Crippen LogP contribution is 2.28. The lowest BCUT2D eigenvalue weighted by Gasteiger charge is -2.33. The van der Waals surface area contributed by atoms with Crippen LogP contribution < -0.4 is 14.8 Å². The van der Waals surface area contributed by atoms with Crippen LogP contribution in [0.3, 0.4) is 0 Å². The molecule has 3 rings (SSSR count). The van der Waals surface area contributed by atoms with Crippen molar-refractivity contribution >= 4 is 26.0 Å². The molecule has 0 saturated heterocycles. The van der Waals surface area contributed by atoms with Gasteiger partial charge in [-0.05, 0) is 30.7 Å². The standard InChI is InChI=1S/C29H47N5O7S2/c1-2-3-15-32-43(40,41)20-27(35)28(36)25(17-23-12-8-5-9-13-23)33-29(37)26(18-24-19-30-21-31-24)34-42(38,39)16-14-22-10-6-4-7-11-22/h4,6-7,10-11,19,21,23,25-28,32,34-36H,2-3,5,8-9,12-18,20H2,1H3,(H,30,31)(H,33,37)/t25-,26+,27-,28+/m1/s1. The lowest BCUT2D eigenvalue weighted by Crippen LogP contribution is -2.57. The molecule has 4 atom stereocenters. The average molecular weight is 642 g/mol. The Morgan fingerprint density at radius 3 is 2.44 bits per heavy atom. The zero-order valence-corrected chi connectivity index (χ0v) is 26.5. The van der Waals surface area contributed by atoms with Gasteiger partial charge in [0.2, 0.25) is 26.0 Å². The van der Waals surface area contributed by atoms with Gasteiger partial charge < -0.3 is 20.5 Å². The number of carbonyl (C=O) groups is 1. The molecule has 242 valence electrons.